The predicted molar refractivity (Wildman–Crippen MR) is 119 cm³/mol. The Labute approximate surface area is 183 Å². The van der Waals surface area contributed by atoms with Gasteiger partial charge in [0, 0.05) is 31.7 Å². The SMILES string of the molecule is COc1ccccc1CNC(=O)CC1C(=O)NCCN1Cc1ccc(OC)c(C)c1C. The Bertz CT molecular complexity index is 944. The van der Waals surface area contributed by atoms with Crippen LogP contribution in [-0.4, -0.2) is 50.1 Å². The molecule has 2 amide bonds. The number of rotatable bonds is 8. The van der Waals surface area contributed by atoms with Crippen LogP contribution in [0.3, 0.4) is 0 Å². The molecule has 7 nitrogen and oxygen atoms in total. The Morgan fingerprint density at radius 3 is 2.55 bits per heavy atom. The van der Waals surface area contributed by atoms with Crippen LogP contribution in [0.25, 0.3) is 0 Å². The summed E-state index contributed by atoms with van der Waals surface area (Å²) in [5, 5.41) is 5.81. The smallest absolute Gasteiger partial charge is 0.237 e. The number of carbonyl (C=O) groups is 2. The first-order chi connectivity index (χ1) is 14.9. The molecule has 2 aromatic carbocycles. The zero-order chi connectivity index (χ0) is 22.4. The molecule has 1 fully saturated rings. The van der Waals surface area contributed by atoms with Gasteiger partial charge in [-0.05, 0) is 42.7 Å². The lowest BCUT2D eigenvalue weighted by Gasteiger charge is -2.35. The molecule has 31 heavy (non-hydrogen) atoms. The zero-order valence-corrected chi connectivity index (χ0v) is 18.7. The maximum Gasteiger partial charge on any atom is 0.237 e. The summed E-state index contributed by atoms with van der Waals surface area (Å²) in [4.78, 5) is 27.3. The fourth-order valence-electron chi connectivity index (χ4n) is 3.93. The van der Waals surface area contributed by atoms with Gasteiger partial charge in [-0.3, -0.25) is 14.5 Å². The van der Waals surface area contributed by atoms with Crippen LogP contribution in [0.5, 0.6) is 11.5 Å². The summed E-state index contributed by atoms with van der Waals surface area (Å²) in [5.41, 5.74) is 4.26. The molecule has 1 unspecified atom stereocenters. The van der Waals surface area contributed by atoms with E-state index in [0.29, 0.717) is 26.2 Å². The standard InChI is InChI=1S/C24H31N3O4/c1-16-17(2)21(30-3)10-9-19(16)15-27-12-11-25-24(29)20(27)13-23(28)26-14-18-7-5-6-8-22(18)31-4/h5-10,20H,11-15H2,1-4H3,(H,25,29)(H,26,28). The van der Waals surface area contributed by atoms with E-state index in [-0.39, 0.29) is 18.2 Å². The second-order valence-electron chi connectivity index (χ2n) is 7.75. The van der Waals surface area contributed by atoms with Crippen LogP contribution in [0.1, 0.15) is 28.7 Å². The number of hydrogen-bond acceptors (Lipinski definition) is 5. The number of ether oxygens (including phenoxy) is 2. The van der Waals surface area contributed by atoms with Gasteiger partial charge in [0.1, 0.15) is 11.5 Å². The minimum absolute atomic E-state index is 0.106. The van der Waals surface area contributed by atoms with E-state index < -0.39 is 6.04 Å². The highest BCUT2D eigenvalue weighted by molar-refractivity contribution is 5.88. The normalized spacial score (nSPS) is 16.5. The van der Waals surface area contributed by atoms with Gasteiger partial charge in [0.2, 0.25) is 11.8 Å². The maximum absolute atomic E-state index is 12.7. The number of nitrogens with zero attached hydrogens (tertiary/aromatic N) is 1. The Kier molecular flexibility index (Phi) is 7.52. The van der Waals surface area contributed by atoms with Crippen molar-refractivity contribution >= 4 is 11.8 Å². The lowest BCUT2D eigenvalue weighted by molar-refractivity contribution is -0.134. The van der Waals surface area contributed by atoms with Crippen LogP contribution in [0.4, 0.5) is 0 Å². The number of para-hydroxylation sites is 1. The van der Waals surface area contributed by atoms with Crippen molar-refractivity contribution in [2.24, 2.45) is 0 Å². The van der Waals surface area contributed by atoms with Gasteiger partial charge in [-0.2, -0.15) is 0 Å². The van der Waals surface area contributed by atoms with Gasteiger partial charge in [0.15, 0.2) is 0 Å². The number of amides is 2. The molecule has 1 aliphatic heterocycles. The summed E-state index contributed by atoms with van der Waals surface area (Å²) in [7, 11) is 3.27. The van der Waals surface area contributed by atoms with Gasteiger partial charge in [0.25, 0.3) is 0 Å². The van der Waals surface area contributed by atoms with Crippen molar-refractivity contribution in [1.29, 1.82) is 0 Å². The first kappa shape index (κ1) is 22.6. The number of carbonyl (C=O) groups excluding carboxylic acids is 2. The molecule has 1 saturated heterocycles. The quantitative estimate of drug-likeness (QED) is 0.679. The molecule has 0 spiro atoms. The van der Waals surface area contributed by atoms with Crippen molar-refractivity contribution in [1.82, 2.24) is 15.5 Å². The Balaban J connectivity index is 1.67. The minimum atomic E-state index is -0.506. The molecular formula is C24H31N3O4. The van der Waals surface area contributed by atoms with E-state index in [1.807, 2.05) is 43.3 Å². The molecule has 1 aliphatic rings. The third-order valence-electron chi connectivity index (χ3n) is 5.93. The summed E-state index contributed by atoms with van der Waals surface area (Å²) in [6, 6.07) is 11.0. The molecule has 7 heteroatoms. The van der Waals surface area contributed by atoms with Crippen LogP contribution in [0.2, 0.25) is 0 Å². The Morgan fingerprint density at radius 1 is 1.06 bits per heavy atom. The number of piperazine rings is 1. The first-order valence-electron chi connectivity index (χ1n) is 10.5. The number of methoxy groups -OCH3 is 2. The fourth-order valence-corrected chi connectivity index (χ4v) is 3.93. The summed E-state index contributed by atoms with van der Waals surface area (Å²) in [6.07, 6.45) is 0.106. The van der Waals surface area contributed by atoms with E-state index >= 15 is 0 Å². The Morgan fingerprint density at radius 2 is 1.81 bits per heavy atom. The molecule has 0 aromatic heterocycles. The number of benzene rings is 2. The topological polar surface area (TPSA) is 79.9 Å². The minimum Gasteiger partial charge on any atom is -0.496 e. The molecule has 0 saturated carbocycles. The molecule has 2 aromatic rings. The van der Waals surface area contributed by atoms with Crippen molar-refractivity contribution in [2.75, 3.05) is 27.3 Å². The summed E-state index contributed by atoms with van der Waals surface area (Å²) >= 11 is 0. The lowest BCUT2D eigenvalue weighted by Crippen LogP contribution is -2.56. The van der Waals surface area contributed by atoms with Crippen LogP contribution in [0.15, 0.2) is 36.4 Å². The van der Waals surface area contributed by atoms with E-state index in [2.05, 4.69) is 22.5 Å². The van der Waals surface area contributed by atoms with Crippen LogP contribution >= 0.6 is 0 Å². The second kappa shape index (κ2) is 10.3. The van der Waals surface area contributed by atoms with Crippen molar-refractivity contribution in [3.05, 3.63) is 58.7 Å². The molecule has 3 rings (SSSR count). The summed E-state index contributed by atoms with van der Waals surface area (Å²) < 4.78 is 10.7. The van der Waals surface area contributed by atoms with Crippen molar-refractivity contribution in [3.63, 3.8) is 0 Å². The molecule has 1 atom stereocenters. The molecule has 1 heterocycles. The highest BCUT2D eigenvalue weighted by Crippen LogP contribution is 2.26. The monoisotopic (exact) mass is 425 g/mol. The van der Waals surface area contributed by atoms with Gasteiger partial charge in [-0.15, -0.1) is 0 Å². The van der Waals surface area contributed by atoms with Crippen molar-refractivity contribution in [3.8, 4) is 11.5 Å². The van der Waals surface area contributed by atoms with Gasteiger partial charge < -0.3 is 20.1 Å². The highest BCUT2D eigenvalue weighted by Gasteiger charge is 2.32. The lowest BCUT2D eigenvalue weighted by atomic mass is 10.00. The predicted octanol–water partition coefficient (Wildman–Crippen LogP) is 2.33. The van der Waals surface area contributed by atoms with E-state index in [4.69, 9.17) is 9.47 Å². The second-order valence-corrected chi connectivity index (χ2v) is 7.75. The van der Waals surface area contributed by atoms with E-state index in [1.165, 1.54) is 0 Å². The molecule has 0 radical (unpaired) electrons. The average Bonchev–Trinajstić information content (AvgIpc) is 2.78. The Hall–Kier alpha value is -3.06. The summed E-state index contributed by atoms with van der Waals surface area (Å²) in [6.45, 7) is 6.32. The molecule has 2 N–H and O–H groups in total. The van der Waals surface area contributed by atoms with Crippen LogP contribution in [0, 0.1) is 13.8 Å². The highest BCUT2D eigenvalue weighted by atomic mass is 16.5. The van der Waals surface area contributed by atoms with Crippen LogP contribution in [-0.2, 0) is 22.7 Å². The third-order valence-corrected chi connectivity index (χ3v) is 5.93. The van der Waals surface area contributed by atoms with Crippen molar-refractivity contribution in [2.45, 2.75) is 39.4 Å². The fraction of sp³-hybridized carbons (Fsp3) is 0.417. The van der Waals surface area contributed by atoms with Gasteiger partial charge >= 0.3 is 0 Å². The zero-order valence-electron chi connectivity index (χ0n) is 18.7. The van der Waals surface area contributed by atoms with Gasteiger partial charge in [-0.1, -0.05) is 24.3 Å². The van der Waals surface area contributed by atoms with Gasteiger partial charge in [-0.25, -0.2) is 0 Å². The maximum atomic E-state index is 12.7. The molecule has 0 bridgehead atoms. The summed E-state index contributed by atoms with van der Waals surface area (Å²) in [5.74, 6) is 1.30. The molecule has 0 aliphatic carbocycles. The molecule has 166 valence electrons. The van der Waals surface area contributed by atoms with Crippen LogP contribution < -0.4 is 20.1 Å². The largest absolute Gasteiger partial charge is 0.496 e. The van der Waals surface area contributed by atoms with Gasteiger partial charge in [0.05, 0.1) is 26.7 Å². The molecular weight excluding hydrogens is 394 g/mol. The van der Waals surface area contributed by atoms with E-state index in [9.17, 15) is 9.59 Å². The third kappa shape index (κ3) is 5.35. The van der Waals surface area contributed by atoms with E-state index in [1.54, 1.807) is 14.2 Å². The van der Waals surface area contributed by atoms with Crippen molar-refractivity contribution < 1.29 is 19.1 Å². The first-order valence-corrected chi connectivity index (χ1v) is 10.5. The van der Waals surface area contributed by atoms with E-state index in [0.717, 1.165) is 33.8 Å². The average molecular weight is 426 g/mol. The number of hydrogen-bond donors (Lipinski definition) is 2. The number of nitrogens with one attached hydrogen (secondary N) is 2.